The molecule has 0 spiro atoms. The van der Waals surface area contributed by atoms with Gasteiger partial charge < -0.3 is 18.9 Å². The Morgan fingerprint density at radius 3 is 1.58 bits per heavy atom. The SMILES string of the molecule is C=CC(=O)OCCOCCOCCOCCCCCCCCCCCC. The lowest BCUT2D eigenvalue weighted by Gasteiger charge is -2.07. The molecule has 0 aliphatic rings. The number of hydrogen-bond donors (Lipinski definition) is 0. The molecule has 0 bridgehead atoms. The topological polar surface area (TPSA) is 54.0 Å². The van der Waals surface area contributed by atoms with Crippen LogP contribution in [0.4, 0.5) is 0 Å². The molecule has 154 valence electrons. The summed E-state index contributed by atoms with van der Waals surface area (Å²) >= 11 is 0. The van der Waals surface area contributed by atoms with Gasteiger partial charge in [-0.05, 0) is 6.42 Å². The fourth-order valence-electron chi connectivity index (χ4n) is 2.49. The van der Waals surface area contributed by atoms with Gasteiger partial charge in [0, 0.05) is 12.7 Å². The van der Waals surface area contributed by atoms with Gasteiger partial charge in [0.15, 0.2) is 0 Å². The summed E-state index contributed by atoms with van der Waals surface area (Å²) in [6, 6.07) is 0. The quantitative estimate of drug-likeness (QED) is 0.166. The van der Waals surface area contributed by atoms with Gasteiger partial charge in [-0.25, -0.2) is 4.79 Å². The Balaban J connectivity index is 3.01. The van der Waals surface area contributed by atoms with Gasteiger partial charge in [0.2, 0.25) is 0 Å². The monoisotopic (exact) mass is 372 g/mol. The van der Waals surface area contributed by atoms with Crippen molar-refractivity contribution in [1.29, 1.82) is 0 Å². The predicted molar refractivity (Wildman–Crippen MR) is 105 cm³/mol. The zero-order chi connectivity index (χ0) is 19.1. The van der Waals surface area contributed by atoms with Gasteiger partial charge in [-0.15, -0.1) is 0 Å². The van der Waals surface area contributed by atoms with E-state index in [0.29, 0.717) is 33.0 Å². The molecule has 0 aromatic heterocycles. The smallest absolute Gasteiger partial charge is 0.330 e. The van der Waals surface area contributed by atoms with Crippen molar-refractivity contribution < 1.29 is 23.7 Å². The highest BCUT2D eigenvalue weighted by molar-refractivity contribution is 5.81. The second-order valence-corrected chi connectivity index (χ2v) is 6.39. The van der Waals surface area contributed by atoms with Crippen LogP contribution in [0, 0.1) is 0 Å². The minimum absolute atomic E-state index is 0.243. The number of carbonyl (C=O) groups is 1. The maximum atomic E-state index is 10.8. The van der Waals surface area contributed by atoms with Crippen LogP contribution in [0.3, 0.4) is 0 Å². The normalized spacial score (nSPS) is 10.8. The first-order chi connectivity index (χ1) is 12.8. The van der Waals surface area contributed by atoms with E-state index in [1.54, 1.807) is 0 Å². The molecule has 0 unspecified atom stereocenters. The fourth-order valence-corrected chi connectivity index (χ4v) is 2.49. The molecule has 0 aromatic rings. The molecule has 0 amide bonds. The molecule has 0 heterocycles. The lowest BCUT2D eigenvalue weighted by molar-refractivity contribution is -0.139. The van der Waals surface area contributed by atoms with Crippen LogP contribution < -0.4 is 0 Å². The number of ether oxygens (including phenoxy) is 4. The van der Waals surface area contributed by atoms with Crippen LogP contribution in [0.1, 0.15) is 71.1 Å². The van der Waals surface area contributed by atoms with Crippen molar-refractivity contribution in [1.82, 2.24) is 0 Å². The number of carbonyl (C=O) groups excluding carboxylic acids is 1. The minimum Gasteiger partial charge on any atom is -0.460 e. The van der Waals surface area contributed by atoms with Gasteiger partial charge in [0.1, 0.15) is 6.61 Å². The zero-order valence-corrected chi connectivity index (χ0v) is 16.8. The first kappa shape index (κ1) is 25.1. The lowest BCUT2D eigenvalue weighted by atomic mass is 10.1. The molecule has 5 heteroatoms. The van der Waals surface area contributed by atoms with Gasteiger partial charge in [-0.2, -0.15) is 0 Å². The predicted octanol–water partition coefficient (Wildman–Crippen LogP) is 4.69. The first-order valence-corrected chi connectivity index (χ1v) is 10.3. The molecule has 0 saturated carbocycles. The van der Waals surface area contributed by atoms with Crippen LogP contribution in [0.25, 0.3) is 0 Å². The molecular formula is C21H40O5. The summed E-state index contributed by atoms with van der Waals surface area (Å²) in [6.07, 6.45) is 14.6. The van der Waals surface area contributed by atoms with Gasteiger partial charge in [-0.3, -0.25) is 0 Å². The van der Waals surface area contributed by atoms with Crippen molar-refractivity contribution in [3.05, 3.63) is 12.7 Å². The summed E-state index contributed by atoms with van der Waals surface area (Å²) in [5.74, 6) is -0.426. The summed E-state index contributed by atoms with van der Waals surface area (Å²) in [7, 11) is 0. The van der Waals surface area contributed by atoms with Crippen molar-refractivity contribution in [3.8, 4) is 0 Å². The third-order valence-electron chi connectivity index (χ3n) is 4.02. The molecule has 0 radical (unpaired) electrons. The molecule has 0 N–H and O–H groups in total. The van der Waals surface area contributed by atoms with E-state index in [1.165, 1.54) is 57.8 Å². The van der Waals surface area contributed by atoms with E-state index in [-0.39, 0.29) is 6.61 Å². The number of hydrogen-bond acceptors (Lipinski definition) is 5. The fraction of sp³-hybridized carbons (Fsp3) is 0.857. The molecule has 26 heavy (non-hydrogen) atoms. The van der Waals surface area contributed by atoms with Crippen LogP contribution in [0.15, 0.2) is 12.7 Å². The van der Waals surface area contributed by atoms with Gasteiger partial charge in [0.25, 0.3) is 0 Å². The zero-order valence-electron chi connectivity index (χ0n) is 16.8. The molecular weight excluding hydrogens is 332 g/mol. The molecule has 5 nitrogen and oxygen atoms in total. The number of esters is 1. The van der Waals surface area contributed by atoms with Crippen LogP contribution in [0.5, 0.6) is 0 Å². The number of rotatable bonds is 21. The van der Waals surface area contributed by atoms with Crippen LogP contribution >= 0.6 is 0 Å². The Hall–Kier alpha value is -0.910. The highest BCUT2D eigenvalue weighted by atomic mass is 16.6. The maximum absolute atomic E-state index is 10.8. The average molecular weight is 373 g/mol. The van der Waals surface area contributed by atoms with Crippen LogP contribution in [0.2, 0.25) is 0 Å². The molecule has 0 aromatic carbocycles. The van der Waals surface area contributed by atoms with Crippen LogP contribution in [-0.2, 0) is 23.7 Å². The highest BCUT2D eigenvalue weighted by Gasteiger charge is 1.96. The van der Waals surface area contributed by atoms with E-state index in [2.05, 4.69) is 13.5 Å². The second-order valence-electron chi connectivity index (χ2n) is 6.39. The Kier molecular flexibility index (Phi) is 21.4. The largest absolute Gasteiger partial charge is 0.460 e. The summed E-state index contributed by atoms with van der Waals surface area (Å²) < 4.78 is 21.0. The van der Waals surface area contributed by atoms with E-state index < -0.39 is 5.97 Å². The van der Waals surface area contributed by atoms with Gasteiger partial charge in [-0.1, -0.05) is 71.3 Å². The van der Waals surface area contributed by atoms with E-state index in [9.17, 15) is 4.79 Å². The molecule has 0 aliphatic heterocycles. The average Bonchev–Trinajstić information content (AvgIpc) is 2.66. The molecule has 0 rings (SSSR count). The molecule has 0 atom stereocenters. The van der Waals surface area contributed by atoms with Gasteiger partial charge >= 0.3 is 5.97 Å². The minimum atomic E-state index is -0.426. The van der Waals surface area contributed by atoms with E-state index in [1.807, 2.05) is 0 Å². The Morgan fingerprint density at radius 2 is 1.08 bits per heavy atom. The van der Waals surface area contributed by atoms with Crippen LogP contribution in [-0.4, -0.2) is 52.2 Å². The van der Waals surface area contributed by atoms with Crippen molar-refractivity contribution in [2.75, 3.05) is 46.2 Å². The van der Waals surface area contributed by atoms with E-state index >= 15 is 0 Å². The Labute approximate surface area is 160 Å². The Bertz CT molecular complexity index is 307. The third-order valence-corrected chi connectivity index (χ3v) is 4.02. The Morgan fingerprint density at radius 1 is 0.654 bits per heavy atom. The molecule has 0 fully saturated rings. The first-order valence-electron chi connectivity index (χ1n) is 10.3. The van der Waals surface area contributed by atoms with Crippen molar-refractivity contribution >= 4 is 5.97 Å². The summed E-state index contributed by atoms with van der Waals surface area (Å²) in [6.45, 7) is 9.26. The van der Waals surface area contributed by atoms with E-state index in [0.717, 1.165) is 19.1 Å². The van der Waals surface area contributed by atoms with Crippen molar-refractivity contribution in [2.24, 2.45) is 0 Å². The number of unbranched alkanes of at least 4 members (excludes halogenated alkanes) is 9. The third kappa shape index (κ3) is 21.1. The standard InChI is InChI=1S/C21H40O5/c1-3-5-6-7-8-9-10-11-12-13-14-23-15-16-24-17-18-25-19-20-26-21(22)4-2/h4H,2-3,5-20H2,1H3. The highest BCUT2D eigenvalue weighted by Crippen LogP contribution is 2.10. The van der Waals surface area contributed by atoms with Crippen molar-refractivity contribution in [2.45, 2.75) is 71.1 Å². The summed E-state index contributed by atoms with van der Waals surface area (Å²) in [4.78, 5) is 10.8. The van der Waals surface area contributed by atoms with Gasteiger partial charge in [0.05, 0.1) is 33.0 Å². The maximum Gasteiger partial charge on any atom is 0.330 e. The van der Waals surface area contributed by atoms with E-state index in [4.69, 9.17) is 18.9 Å². The second kappa shape index (κ2) is 22.1. The summed E-state index contributed by atoms with van der Waals surface area (Å²) in [5, 5.41) is 0. The lowest BCUT2D eigenvalue weighted by Crippen LogP contribution is -2.13. The van der Waals surface area contributed by atoms with Crippen molar-refractivity contribution in [3.63, 3.8) is 0 Å². The molecule has 0 saturated heterocycles. The summed E-state index contributed by atoms with van der Waals surface area (Å²) in [5.41, 5.74) is 0. The molecule has 0 aliphatic carbocycles.